The van der Waals surface area contributed by atoms with Gasteiger partial charge in [0, 0.05) is 17.4 Å². The number of carboxylic acids is 1. The van der Waals surface area contributed by atoms with Crippen molar-refractivity contribution in [2.75, 3.05) is 0 Å². The van der Waals surface area contributed by atoms with E-state index in [0.29, 0.717) is 30.3 Å². The third-order valence-electron chi connectivity index (χ3n) is 8.64. The molecule has 3 atom stereocenters. The number of unbranched alkanes of at least 4 members (excludes halogenated alkanes) is 2. The Morgan fingerprint density at radius 3 is 2.23 bits per heavy atom. The van der Waals surface area contributed by atoms with Crippen molar-refractivity contribution in [3.63, 3.8) is 0 Å². The van der Waals surface area contributed by atoms with Gasteiger partial charge in [-0.15, -0.1) is 0 Å². The molecule has 0 bridgehead atoms. The fourth-order valence-corrected chi connectivity index (χ4v) is 10.0. The fraction of sp³-hybridized carbons (Fsp3) is 0.417. The van der Waals surface area contributed by atoms with Crippen molar-refractivity contribution in [2.24, 2.45) is 11.7 Å². The maximum atomic E-state index is 10.9. The van der Waals surface area contributed by atoms with E-state index < -0.39 is 12.0 Å². The molecule has 2 aliphatic rings. The molecule has 0 saturated carbocycles. The average molecular weight is 1090 g/mol. The van der Waals surface area contributed by atoms with Crippen molar-refractivity contribution in [2.45, 2.75) is 90.2 Å². The molecule has 5 rings (SSSR count). The minimum Gasteiger partial charge on any atom is -0.507 e. The highest BCUT2D eigenvalue weighted by Gasteiger charge is 2.45. The summed E-state index contributed by atoms with van der Waals surface area (Å²) < 4.78 is 15.5. The monoisotopic (exact) mass is 1090 g/mol. The Hall–Kier alpha value is -1.05. The van der Waals surface area contributed by atoms with Crippen molar-refractivity contribution in [1.29, 1.82) is 0 Å². The second kappa shape index (κ2) is 16.8. The Bertz CT molecular complexity index is 1610. The molecular weight excluding hydrogens is 1050 g/mol. The van der Waals surface area contributed by atoms with E-state index in [1.54, 1.807) is 12.1 Å². The Morgan fingerprint density at radius 1 is 1.00 bits per heavy atom. The van der Waals surface area contributed by atoms with Crippen molar-refractivity contribution < 1.29 is 29.6 Å². The van der Waals surface area contributed by atoms with Crippen molar-refractivity contribution in [1.82, 2.24) is 0 Å². The molecule has 1 aliphatic heterocycles. The molecule has 0 radical (unpaired) electrons. The third kappa shape index (κ3) is 9.81. The Labute approximate surface area is 332 Å². The van der Waals surface area contributed by atoms with Crippen LogP contribution in [0, 0.1) is 20.2 Å². The first-order valence-corrected chi connectivity index (χ1v) is 20.0. The summed E-state index contributed by atoms with van der Waals surface area (Å²) >= 11 is 8.42. The number of benzene rings is 3. The molecule has 1 heterocycles. The van der Waals surface area contributed by atoms with Gasteiger partial charge in [-0.2, -0.15) is 0 Å². The first-order chi connectivity index (χ1) is 22.1. The average Bonchev–Trinajstić information content (AvgIpc) is 2.97. The number of allylic oxidation sites excluding steroid dienone is 2. The number of halogens is 4. The molecule has 1 aliphatic carbocycles. The Kier molecular flexibility index (Phi) is 13.8. The van der Waals surface area contributed by atoms with Gasteiger partial charge in [0.15, 0.2) is 5.75 Å². The lowest BCUT2D eigenvalue weighted by atomic mass is 9.68. The second-order valence-electron chi connectivity index (χ2n) is 12.7. The summed E-state index contributed by atoms with van der Waals surface area (Å²) in [6.07, 6.45) is 9.52. The molecule has 11 heteroatoms. The van der Waals surface area contributed by atoms with Gasteiger partial charge in [0.05, 0.1) is 14.3 Å². The number of phenolic OH excluding ortho intramolecular Hbond substituents is 2. The number of aryl methyl sites for hydroxylation is 1. The number of ether oxygens (including phenoxy) is 2. The zero-order chi connectivity index (χ0) is 34.6. The van der Waals surface area contributed by atoms with E-state index in [-0.39, 0.29) is 23.7 Å². The van der Waals surface area contributed by atoms with Crippen molar-refractivity contribution >= 4 is 96.3 Å². The second-order valence-corrected chi connectivity index (χ2v) is 17.4. The van der Waals surface area contributed by atoms with Gasteiger partial charge in [-0.1, -0.05) is 31.4 Å². The zero-order valence-electron chi connectivity index (χ0n) is 26.9. The standard InChI is InChI=1S/C21H30O2.C15H11I4NO4/c1-5-6-7-8-15-12-18(22)20-16-11-14(2)9-10-17(16)21(3,4)23-19(20)13-15;16-8-4-7(5-9(17)13(8)21)24-14-10(18)1-6(2-11(14)19)3-12(20)15(22)23/h11-13,16-17,22H,5-10H2,1-4H3;1-2,4-5,12,21H,3,20H2,(H,22,23)/t16-,17-;12-/m10/s1. The van der Waals surface area contributed by atoms with Gasteiger partial charge in [0.2, 0.25) is 0 Å². The van der Waals surface area contributed by atoms with E-state index in [9.17, 15) is 15.0 Å². The van der Waals surface area contributed by atoms with E-state index >= 15 is 0 Å². The van der Waals surface area contributed by atoms with Crippen LogP contribution in [0.3, 0.4) is 0 Å². The number of aliphatic carboxylic acids is 1. The van der Waals surface area contributed by atoms with E-state index in [1.165, 1.54) is 30.4 Å². The molecule has 3 aromatic carbocycles. The molecule has 0 aromatic heterocycles. The van der Waals surface area contributed by atoms with E-state index in [1.807, 2.05) is 18.2 Å². The number of carbonyl (C=O) groups is 1. The molecule has 254 valence electrons. The van der Waals surface area contributed by atoms with Crippen molar-refractivity contribution in [3.05, 3.63) is 79.0 Å². The Morgan fingerprint density at radius 2 is 1.64 bits per heavy atom. The van der Waals surface area contributed by atoms with Crippen LogP contribution in [0.25, 0.3) is 0 Å². The smallest absolute Gasteiger partial charge is 0.320 e. The van der Waals surface area contributed by atoms with Crippen LogP contribution >= 0.6 is 90.4 Å². The molecule has 0 spiro atoms. The summed E-state index contributed by atoms with van der Waals surface area (Å²) in [5.41, 5.74) is 9.90. The fourth-order valence-electron chi connectivity index (χ4n) is 6.19. The number of hydrogen-bond donors (Lipinski definition) is 4. The quantitative estimate of drug-likeness (QED) is 0.0957. The van der Waals surface area contributed by atoms with Crippen LogP contribution in [0.4, 0.5) is 0 Å². The van der Waals surface area contributed by atoms with Crippen LogP contribution in [0.15, 0.2) is 48.0 Å². The lowest BCUT2D eigenvalue weighted by Gasteiger charge is -2.46. The number of hydrogen-bond acceptors (Lipinski definition) is 6. The van der Waals surface area contributed by atoms with Crippen LogP contribution in [-0.4, -0.2) is 32.9 Å². The van der Waals surface area contributed by atoms with Gasteiger partial charge in [0.25, 0.3) is 0 Å². The lowest BCUT2D eigenvalue weighted by molar-refractivity contribution is -0.138. The summed E-state index contributed by atoms with van der Waals surface area (Å²) in [6.45, 7) is 8.81. The molecule has 0 amide bonds. The molecule has 3 aromatic rings. The Balaban J connectivity index is 0.000000213. The van der Waals surface area contributed by atoms with Gasteiger partial charge in [-0.3, -0.25) is 4.79 Å². The number of rotatable bonds is 9. The predicted molar refractivity (Wildman–Crippen MR) is 220 cm³/mol. The van der Waals surface area contributed by atoms with E-state index in [0.717, 1.165) is 43.3 Å². The molecule has 47 heavy (non-hydrogen) atoms. The predicted octanol–water partition coefficient (Wildman–Crippen LogP) is 10.3. The van der Waals surface area contributed by atoms with E-state index in [4.69, 9.17) is 20.3 Å². The van der Waals surface area contributed by atoms with Crippen LogP contribution in [-0.2, 0) is 17.6 Å². The largest absolute Gasteiger partial charge is 0.507 e. The summed E-state index contributed by atoms with van der Waals surface area (Å²) in [4.78, 5) is 10.9. The number of nitrogens with two attached hydrogens (primary N) is 1. The normalized spacial score (nSPS) is 18.4. The van der Waals surface area contributed by atoms with Crippen LogP contribution < -0.4 is 15.2 Å². The highest BCUT2D eigenvalue weighted by Crippen LogP contribution is 2.53. The topological polar surface area (TPSA) is 122 Å². The lowest BCUT2D eigenvalue weighted by Crippen LogP contribution is -2.45. The summed E-state index contributed by atoms with van der Waals surface area (Å²) in [7, 11) is 0. The van der Waals surface area contributed by atoms with Gasteiger partial charge < -0.3 is 30.5 Å². The molecule has 0 fully saturated rings. The number of phenols is 2. The van der Waals surface area contributed by atoms with Gasteiger partial charge in [-0.05, 0) is 191 Å². The highest BCUT2D eigenvalue weighted by molar-refractivity contribution is 14.1. The van der Waals surface area contributed by atoms with Gasteiger partial charge in [0.1, 0.15) is 34.6 Å². The van der Waals surface area contributed by atoms with Crippen LogP contribution in [0.5, 0.6) is 28.7 Å². The molecule has 5 N–H and O–H groups in total. The molecule has 0 unspecified atom stereocenters. The number of aromatic hydroxyl groups is 2. The maximum Gasteiger partial charge on any atom is 0.320 e. The van der Waals surface area contributed by atoms with E-state index in [2.05, 4.69) is 130 Å². The molecule has 0 saturated heterocycles. The SMILES string of the molecule is CCCCCc1cc(O)c2c(c1)OC(C)(C)[C@@H]1CCC(C)=C[C@@H]21.N[C@@H](Cc1cc(I)c(Oc2cc(I)c(O)c(I)c2)c(I)c1)C(=O)O. The van der Waals surface area contributed by atoms with Crippen LogP contribution in [0.2, 0.25) is 0 Å². The first kappa shape index (κ1) is 38.7. The minimum atomic E-state index is -1.02. The molecular formula is C36H41I4NO6. The maximum absolute atomic E-state index is 10.9. The third-order valence-corrected chi connectivity index (χ3v) is 11.9. The molecule has 7 nitrogen and oxygen atoms in total. The summed E-state index contributed by atoms with van der Waals surface area (Å²) in [5.74, 6) is 2.59. The van der Waals surface area contributed by atoms with Gasteiger partial charge >= 0.3 is 5.97 Å². The minimum absolute atomic E-state index is 0.177. The van der Waals surface area contributed by atoms with Crippen LogP contribution in [0.1, 0.15) is 82.4 Å². The number of fused-ring (bicyclic) bond motifs is 3. The summed E-state index contributed by atoms with van der Waals surface area (Å²) in [6, 6.07) is 10.5. The van der Waals surface area contributed by atoms with Gasteiger partial charge in [-0.25, -0.2) is 0 Å². The zero-order valence-corrected chi connectivity index (χ0v) is 35.5. The first-order valence-electron chi connectivity index (χ1n) is 15.7. The van der Waals surface area contributed by atoms with Crippen molar-refractivity contribution in [3.8, 4) is 28.7 Å². The number of carboxylic acid groups (broad SMARTS) is 1. The highest BCUT2D eigenvalue weighted by atomic mass is 127. The summed E-state index contributed by atoms with van der Waals surface area (Å²) in [5, 5.41) is 29.4.